The Balaban J connectivity index is 2.17. The quantitative estimate of drug-likeness (QED) is 0.555. The van der Waals surface area contributed by atoms with Crippen molar-refractivity contribution in [2.45, 2.75) is 31.0 Å². The summed E-state index contributed by atoms with van der Waals surface area (Å²) in [6.07, 6.45) is 3.04. The Morgan fingerprint density at radius 1 is 1.50 bits per heavy atom. The van der Waals surface area contributed by atoms with Gasteiger partial charge in [-0.25, -0.2) is 9.97 Å². The summed E-state index contributed by atoms with van der Waals surface area (Å²) < 4.78 is 12.2. The lowest BCUT2D eigenvalue weighted by Crippen LogP contribution is -2.44. The number of ether oxygens (including phenoxy) is 2. The molecule has 5 N–H and O–H groups in total. The maximum Gasteiger partial charge on any atom is 0.167 e. The van der Waals surface area contributed by atoms with Crippen molar-refractivity contribution in [1.82, 2.24) is 14.5 Å². The molecule has 0 spiro atoms. The molecule has 2 aromatic heterocycles. The summed E-state index contributed by atoms with van der Waals surface area (Å²) in [5.74, 6) is 0.270. The molecule has 0 aromatic carbocycles. The molecule has 0 bridgehead atoms. The summed E-state index contributed by atoms with van der Waals surface area (Å²) in [5.41, 5.74) is 5.45. The topological polar surface area (TPSA) is 136 Å². The highest BCUT2D eigenvalue weighted by Gasteiger charge is 2.53. The molecule has 1 fully saturated rings. The van der Waals surface area contributed by atoms with Crippen LogP contribution in [0.3, 0.4) is 0 Å². The molecular formula is C15H20N4O5. The summed E-state index contributed by atoms with van der Waals surface area (Å²) in [4.78, 5) is 8.20. The van der Waals surface area contributed by atoms with Gasteiger partial charge in [0, 0.05) is 11.8 Å². The number of aromatic nitrogens is 3. The zero-order chi connectivity index (χ0) is 17.5. The van der Waals surface area contributed by atoms with Crippen molar-refractivity contribution in [3.05, 3.63) is 24.3 Å². The maximum atomic E-state index is 10.7. The van der Waals surface area contributed by atoms with Crippen LogP contribution in [0.1, 0.15) is 18.7 Å². The van der Waals surface area contributed by atoms with Crippen molar-refractivity contribution in [2.24, 2.45) is 0 Å². The van der Waals surface area contributed by atoms with Gasteiger partial charge in [-0.2, -0.15) is 0 Å². The molecule has 130 valence electrons. The first-order valence-electron chi connectivity index (χ1n) is 7.39. The molecule has 3 heterocycles. The number of aliphatic hydroxyl groups is 3. The predicted octanol–water partition coefficient (Wildman–Crippen LogP) is -0.368. The number of nitrogen functional groups attached to an aromatic ring is 1. The highest BCUT2D eigenvalue weighted by molar-refractivity contribution is 5.94. The Kier molecular flexibility index (Phi) is 4.18. The van der Waals surface area contributed by atoms with Crippen LogP contribution < -0.4 is 5.73 Å². The van der Waals surface area contributed by atoms with Gasteiger partial charge in [0.05, 0.1) is 25.4 Å². The van der Waals surface area contributed by atoms with Crippen LogP contribution in [-0.4, -0.2) is 61.4 Å². The summed E-state index contributed by atoms with van der Waals surface area (Å²) in [6, 6.07) is 0. The number of hydrogen-bond acceptors (Lipinski definition) is 8. The minimum Gasteiger partial charge on any atom is -0.504 e. The van der Waals surface area contributed by atoms with Crippen LogP contribution in [0.5, 0.6) is 0 Å². The van der Waals surface area contributed by atoms with Crippen LogP contribution in [0.25, 0.3) is 17.1 Å². The number of nitrogens with zero attached hydrogens (tertiary/aromatic N) is 3. The second-order valence-corrected chi connectivity index (χ2v) is 5.87. The van der Waals surface area contributed by atoms with Gasteiger partial charge in [0.25, 0.3) is 0 Å². The van der Waals surface area contributed by atoms with E-state index in [4.69, 9.17) is 15.2 Å². The molecule has 1 aliphatic heterocycles. The Bertz CT molecular complexity index is 773. The standard InChI is InChI=1S/C15H20N4O5/c1-15(22)11(21)9(6-20)24-14(15)19-5-8(3-4-23-2)10-12(16)17-7-18-13(10)19/h3-5,7,9,11,14,20-22H,6H2,1-2H3,(H2,16,17,18)/b4-3-/t9-,11-,14-,15-/m1/s1. The minimum absolute atomic E-state index is 0.270. The molecule has 0 saturated carbocycles. The van der Waals surface area contributed by atoms with Gasteiger partial charge in [-0.1, -0.05) is 0 Å². The van der Waals surface area contributed by atoms with Crippen molar-refractivity contribution in [3.63, 3.8) is 0 Å². The van der Waals surface area contributed by atoms with E-state index in [0.717, 1.165) is 0 Å². The molecular weight excluding hydrogens is 316 g/mol. The number of anilines is 1. The lowest BCUT2D eigenvalue weighted by atomic mass is 9.96. The van der Waals surface area contributed by atoms with E-state index in [2.05, 4.69) is 9.97 Å². The van der Waals surface area contributed by atoms with Gasteiger partial charge >= 0.3 is 0 Å². The molecule has 1 saturated heterocycles. The van der Waals surface area contributed by atoms with Crippen molar-refractivity contribution in [1.29, 1.82) is 0 Å². The molecule has 24 heavy (non-hydrogen) atoms. The largest absolute Gasteiger partial charge is 0.504 e. The van der Waals surface area contributed by atoms with Crippen molar-refractivity contribution < 1.29 is 24.8 Å². The van der Waals surface area contributed by atoms with Crippen molar-refractivity contribution >= 4 is 22.9 Å². The smallest absolute Gasteiger partial charge is 0.167 e. The van der Waals surface area contributed by atoms with Gasteiger partial charge < -0.3 is 35.1 Å². The van der Waals surface area contributed by atoms with Gasteiger partial charge in [-0.3, -0.25) is 0 Å². The van der Waals surface area contributed by atoms with E-state index in [-0.39, 0.29) is 5.82 Å². The Labute approximate surface area is 138 Å². The first kappa shape index (κ1) is 16.7. The van der Waals surface area contributed by atoms with Gasteiger partial charge in [0.1, 0.15) is 35.6 Å². The highest BCUT2D eigenvalue weighted by atomic mass is 16.6. The molecule has 0 radical (unpaired) electrons. The van der Waals surface area contributed by atoms with Crippen molar-refractivity contribution in [3.8, 4) is 0 Å². The summed E-state index contributed by atoms with van der Waals surface area (Å²) in [5, 5.41) is 30.8. The second kappa shape index (κ2) is 6.02. The molecule has 2 aromatic rings. The number of aliphatic hydroxyl groups excluding tert-OH is 2. The van der Waals surface area contributed by atoms with Gasteiger partial charge in [0.15, 0.2) is 6.23 Å². The van der Waals surface area contributed by atoms with Crippen LogP contribution in [0, 0.1) is 0 Å². The zero-order valence-electron chi connectivity index (χ0n) is 13.3. The van der Waals surface area contributed by atoms with E-state index >= 15 is 0 Å². The Morgan fingerprint density at radius 3 is 2.88 bits per heavy atom. The fourth-order valence-electron chi connectivity index (χ4n) is 2.97. The fraction of sp³-hybridized carbons (Fsp3) is 0.467. The third-order valence-corrected chi connectivity index (χ3v) is 4.24. The van der Waals surface area contributed by atoms with Gasteiger partial charge in [-0.15, -0.1) is 0 Å². The molecule has 0 unspecified atom stereocenters. The van der Waals surface area contributed by atoms with Crippen molar-refractivity contribution in [2.75, 3.05) is 19.5 Å². The van der Waals surface area contributed by atoms with Crippen LogP contribution in [0.4, 0.5) is 5.82 Å². The molecule has 9 nitrogen and oxygen atoms in total. The first-order valence-corrected chi connectivity index (χ1v) is 7.39. The lowest BCUT2D eigenvalue weighted by Gasteiger charge is -2.27. The fourth-order valence-corrected chi connectivity index (χ4v) is 2.97. The highest BCUT2D eigenvalue weighted by Crippen LogP contribution is 2.40. The van der Waals surface area contributed by atoms with E-state index < -0.39 is 30.6 Å². The summed E-state index contributed by atoms with van der Waals surface area (Å²) >= 11 is 0. The van der Waals surface area contributed by atoms with Gasteiger partial charge in [-0.05, 0) is 13.0 Å². The molecule has 0 amide bonds. The average Bonchev–Trinajstić information content (AvgIpc) is 3.02. The SMILES string of the molecule is CO/C=C\c1cn([C@@H]2O[C@H](CO)[C@@H](O)[C@@]2(C)O)c2ncnc(N)c12. The normalized spacial score (nSPS) is 30.5. The molecule has 1 aliphatic rings. The maximum absolute atomic E-state index is 10.7. The minimum atomic E-state index is -1.62. The van der Waals surface area contributed by atoms with Crippen LogP contribution >= 0.6 is 0 Å². The lowest BCUT2D eigenvalue weighted by molar-refractivity contribution is -0.0948. The van der Waals surface area contributed by atoms with E-state index in [1.807, 2.05) is 0 Å². The van der Waals surface area contributed by atoms with Crippen LogP contribution in [0.2, 0.25) is 0 Å². The van der Waals surface area contributed by atoms with E-state index in [1.54, 1.807) is 16.8 Å². The number of hydrogen-bond donors (Lipinski definition) is 4. The van der Waals surface area contributed by atoms with Crippen LogP contribution in [0.15, 0.2) is 18.8 Å². The third kappa shape index (κ3) is 2.42. The predicted molar refractivity (Wildman–Crippen MR) is 85.6 cm³/mol. The van der Waals surface area contributed by atoms with E-state index in [0.29, 0.717) is 16.6 Å². The molecule has 4 atom stereocenters. The van der Waals surface area contributed by atoms with Crippen LogP contribution in [-0.2, 0) is 9.47 Å². The monoisotopic (exact) mass is 336 g/mol. The van der Waals surface area contributed by atoms with Gasteiger partial charge in [0.2, 0.25) is 0 Å². The first-order chi connectivity index (χ1) is 11.4. The van der Waals surface area contributed by atoms with E-state index in [9.17, 15) is 15.3 Å². The second-order valence-electron chi connectivity index (χ2n) is 5.87. The zero-order valence-corrected chi connectivity index (χ0v) is 13.3. The number of rotatable bonds is 4. The molecule has 0 aliphatic carbocycles. The number of methoxy groups -OCH3 is 1. The molecule has 9 heteroatoms. The third-order valence-electron chi connectivity index (χ3n) is 4.24. The average molecular weight is 336 g/mol. The Morgan fingerprint density at radius 2 is 2.25 bits per heavy atom. The summed E-state index contributed by atoms with van der Waals surface area (Å²) in [6.45, 7) is 1.03. The van der Waals surface area contributed by atoms with E-state index in [1.165, 1.54) is 26.6 Å². The molecule has 3 rings (SSSR count). The number of fused-ring (bicyclic) bond motifs is 1. The Hall–Kier alpha value is -2.20. The summed E-state index contributed by atoms with van der Waals surface area (Å²) in [7, 11) is 1.52. The number of nitrogens with two attached hydrogens (primary N) is 1.